The van der Waals surface area contributed by atoms with Gasteiger partial charge in [0, 0.05) is 17.1 Å². The quantitative estimate of drug-likeness (QED) is 0.818. The lowest BCUT2D eigenvalue weighted by atomic mass is 10.3. The van der Waals surface area contributed by atoms with Crippen molar-refractivity contribution in [2.75, 3.05) is 0 Å². The van der Waals surface area contributed by atoms with Crippen molar-refractivity contribution >= 4 is 11.0 Å². The molecule has 2 rings (SSSR count). The Morgan fingerprint density at radius 2 is 2.33 bits per heavy atom. The molecule has 2 aromatic heterocycles. The highest BCUT2D eigenvalue weighted by atomic mass is 19.1. The lowest BCUT2D eigenvalue weighted by Crippen LogP contribution is -2.06. The number of pyridine rings is 1. The molecule has 1 atom stereocenters. The number of nitrogens with zero attached hydrogens (tertiary/aromatic N) is 2. The van der Waals surface area contributed by atoms with Crippen LogP contribution in [0, 0.1) is 12.7 Å². The largest absolute Gasteiger partial charge is 0.390 e. The molecule has 0 aromatic carbocycles. The van der Waals surface area contributed by atoms with E-state index < -0.39 is 0 Å². The van der Waals surface area contributed by atoms with Gasteiger partial charge in [-0.1, -0.05) is 0 Å². The highest BCUT2D eigenvalue weighted by Crippen LogP contribution is 2.22. The minimum Gasteiger partial charge on any atom is -0.390 e. The lowest BCUT2D eigenvalue weighted by molar-refractivity contribution is 0.270. The van der Waals surface area contributed by atoms with E-state index in [2.05, 4.69) is 11.9 Å². The summed E-state index contributed by atoms with van der Waals surface area (Å²) in [4.78, 5) is 4.01. The van der Waals surface area contributed by atoms with Gasteiger partial charge in [-0.15, -0.1) is 0 Å². The third-order valence-corrected chi connectivity index (χ3v) is 2.32. The van der Waals surface area contributed by atoms with Crippen molar-refractivity contribution in [1.82, 2.24) is 9.55 Å². The molecule has 3 nitrogen and oxygen atoms in total. The van der Waals surface area contributed by atoms with Crippen LogP contribution in [0.3, 0.4) is 0 Å². The number of hydrogen-bond donors (Lipinski definition) is 1. The molecule has 0 saturated heterocycles. The molecule has 2 aromatic rings. The van der Waals surface area contributed by atoms with Crippen LogP contribution in [0.25, 0.3) is 11.0 Å². The number of hydrogen-bond acceptors (Lipinski definition) is 2. The summed E-state index contributed by atoms with van der Waals surface area (Å²) in [6.45, 7) is 5.67. The van der Waals surface area contributed by atoms with Gasteiger partial charge in [0.05, 0.1) is 12.8 Å². The predicted molar refractivity (Wildman–Crippen MR) is 55.7 cm³/mol. The zero-order chi connectivity index (χ0) is 11.0. The molecule has 79 valence electrons. The van der Waals surface area contributed by atoms with E-state index in [4.69, 9.17) is 5.11 Å². The fourth-order valence-corrected chi connectivity index (χ4v) is 1.75. The summed E-state index contributed by atoms with van der Waals surface area (Å²) >= 11 is 0. The van der Waals surface area contributed by atoms with Crippen LogP contribution >= 0.6 is 0 Å². The van der Waals surface area contributed by atoms with Crippen molar-refractivity contribution in [2.24, 2.45) is 0 Å². The van der Waals surface area contributed by atoms with Gasteiger partial charge >= 0.3 is 0 Å². The van der Waals surface area contributed by atoms with Crippen molar-refractivity contribution in [3.05, 3.63) is 36.8 Å². The fourth-order valence-electron chi connectivity index (χ4n) is 1.75. The van der Waals surface area contributed by atoms with Crippen molar-refractivity contribution in [3.8, 4) is 0 Å². The standard InChI is InChI=1S/C11H12FN2O/c1-7(2)14-10(6-15)4-8-3-9(12)5-13-11(8)14/h3-5,7,15H,1,6H2,2H3/t7-/m1/s1. The summed E-state index contributed by atoms with van der Waals surface area (Å²) in [6, 6.07) is 3.08. The van der Waals surface area contributed by atoms with Gasteiger partial charge in [-0.2, -0.15) is 0 Å². The van der Waals surface area contributed by atoms with Gasteiger partial charge in [0.2, 0.25) is 0 Å². The first-order valence-electron chi connectivity index (χ1n) is 4.72. The molecule has 0 aliphatic heterocycles. The van der Waals surface area contributed by atoms with Crippen LogP contribution in [0.5, 0.6) is 0 Å². The van der Waals surface area contributed by atoms with E-state index >= 15 is 0 Å². The van der Waals surface area contributed by atoms with E-state index in [1.54, 1.807) is 10.6 Å². The SMILES string of the molecule is [CH2][C@H](C)n1c(CO)cc2cc(F)cnc21. The molecule has 0 saturated carbocycles. The molecule has 0 bridgehead atoms. The lowest BCUT2D eigenvalue weighted by Gasteiger charge is -2.11. The third-order valence-electron chi connectivity index (χ3n) is 2.32. The number of aliphatic hydroxyl groups excluding tert-OH is 1. The molecular formula is C11H12FN2O. The molecule has 1 N–H and O–H groups in total. The van der Waals surface area contributed by atoms with Crippen LogP contribution in [0.2, 0.25) is 0 Å². The van der Waals surface area contributed by atoms with Crippen molar-refractivity contribution in [2.45, 2.75) is 19.6 Å². The Morgan fingerprint density at radius 1 is 1.60 bits per heavy atom. The molecule has 0 spiro atoms. The van der Waals surface area contributed by atoms with Crippen molar-refractivity contribution < 1.29 is 9.50 Å². The van der Waals surface area contributed by atoms with E-state index in [-0.39, 0.29) is 18.5 Å². The van der Waals surface area contributed by atoms with Crippen LogP contribution in [0.4, 0.5) is 4.39 Å². The zero-order valence-corrected chi connectivity index (χ0v) is 8.44. The van der Waals surface area contributed by atoms with Crippen LogP contribution in [0.1, 0.15) is 18.7 Å². The van der Waals surface area contributed by atoms with Gasteiger partial charge in [-0.05, 0) is 26.0 Å². The zero-order valence-electron chi connectivity index (χ0n) is 8.44. The molecular weight excluding hydrogens is 195 g/mol. The van der Waals surface area contributed by atoms with Crippen LogP contribution in [0.15, 0.2) is 18.3 Å². The number of halogens is 1. The molecule has 2 heterocycles. The number of rotatable bonds is 2. The predicted octanol–water partition coefficient (Wildman–Crippen LogP) is 2.06. The molecule has 1 radical (unpaired) electrons. The van der Waals surface area contributed by atoms with Gasteiger partial charge in [-0.25, -0.2) is 9.37 Å². The molecule has 0 aliphatic carbocycles. The molecule has 4 heteroatoms. The van der Waals surface area contributed by atoms with Gasteiger partial charge in [0.25, 0.3) is 0 Å². The van der Waals surface area contributed by atoms with E-state index in [0.29, 0.717) is 16.7 Å². The van der Waals surface area contributed by atoms with E-state index in [1.165, 1.54) is 12.3 Å². The first kappa shape index (κ1) is 10.1. The Hall–Kier alpha value is -1.42. The Morgan fingerprint density at radius 3 is 2.93 bits per heavy atom. The summed E-state index contributed by atoms with van der Waals surface area (Å²) in [5, 5.41) is 9.86. The summed E-state index contributed by atoms with van der Waals surface area (Å²) < 4.78 is 14.7. The van der Waals surface area contributed by atoms with E-state index in [9.17, 15) is 4.39 Å². The maximum atomic E-state index is 12.9. The molecule has 0 aliphatic rings. The van der Waals surface area contributed by atoms with Gasteiger partial charge < -0.3 is 9.67 Å². The van der Waals surface area contributed by atoms with Crippen LogP contribution in [-0.4, -0.2) is 14.7 Å². The smallest absolute Gasteiger partial charge is 0.142 e. The van der Waals surface area contributed by atoms with Crippen molar-refractivity contribution in [1.29, 1.82) is 0 Å². The Balaban J connectivity index is 2.74. The van der Waals surface area contributed by atoms with E-state index in [1.807, 2.05) is 6.92 Å². The molecule has 0 amide bonds. The summed E-state index contributed by atoms with van der Waals surface area (Å²) in [7, 11) is 0. The first-order chi connectivity index (χ1) is 7.13. The second kappa shape index (κ2) is 3.62. The molecule has 0 unspecified atom stereocenters. The number of aliphatic hydroxyl groups is 1. The first-order valence-corrected chi connectivity index (χ1v) is 4.72. The molecule has 0 fully saturated rings. The van der Waals surface area contributed by atoms with Gasteiger partial charge in [-0.3, -0.25) is 0 Å². The van der Waals surface area contributed by atoms with Crippen LogP contribution < -0.4 is 0 Å². The highest BCUT2D eigenvalue weighted by Gasteiger charge is 2.12. The second-order valence-electron chi connectivity index (χ2n) is 3.58. The average Bonchev–Trinajstić information content (AvgIpc) is 2.54. The normalized spacial score (nSPS) is 11.5. The number of aromatic nitrogens is 2. The summed E-state index contributed by atoms with van der Waals surface area (Å²) in [5.41, 5.74) is 1.36. The maximum absolute atomic E-state index is 12.9. The minimum atomic E-state index is -0.374. The Labute approximate surface area is 87.2 Å². The molecule has 15 heavy (non-hydrogen) atoms. The highest BCUT2D eigenvalue weighted by molar-refractivity contribution is 5.77. The maximum Gasteiger partial charge on any atom is 0.142 e. The third kappa shape index (κ3) is 1.61. The van der Waals surface area contributed by atoms with Crippen LogP contribution in [-0.2, 0) is 6.61 Å². The second-order valence-corrected chi connectivity index (χ2v) is 3.58. The van der Waals surface area contributed by atoms with E-state index in [0.717, 1.165) is 0 Å². The number of fused-ring (bicyclic) bond motifs is 1. The van der Waals surface area contributed by atoms with Gasteiger partial charge in [0.15, 0.2) is 0 Å². The minimum absolute atomic E-state index is 0.0531. The monoisotopic (exact) mass is 207 g/mol. The average molecular weight is 207 g/mol. The summed E-state index contributed by atoms with van der Waals surface area (Å²) in [6.07, 6.45) is 1.17. The Bertz CT molecular complexity index is 491. The Kier molecular flexibility index (Phi) is 2.44. The topological polar surface area (TPSA) is 38.0 Å². The fraction of sp³-hybridized carbons (Fsp3) is 0.273. The summed E-state index contributed by atoms with van der Waals surface area (Å²) in [5.74, 6) is -0.374. The van der Waals surface area contributed by atoms with Gasteiger partial charge in [0.1, 0.15) is 11.5 Å². The van der Waals surface area contributed by atoms with Crippen molar-refractivity contribution in [3.63, 3.8) is 0 Å².